The number of aliphatic carboxylic acids is 1. The molecule has 0 radical (unpaired) electrons. The molecule has 2 rings (SSSR count). The second-order valence-corrected chi connectivity index (χ2v) is 5.31. The number of ketones is 1. The van der Waals surface area contributed by atoms with Crippen LogP contribution in [0.5, 0.6) is 0 Å². The third-order valence-electron chi connectivity index (χ3n) is 3.55. The van der Waals surface area contributed by atoms with E-state index in [9.17, 15) is 14.4 Å². The number of hydrogen-bond donors (Lipinski definition) is 2. The molecule has 0 saturated heterocycles. The van der Waals surface area contributed by atoms with E-state index in [0.29, 0.717) is 17.0 Å². The van der Waals surface area contributed by atoms with Crippen molar-refractivity contribution in [2.75, 3.05) is 6.54 Å². The molecule has 0 spiro atoms. The lowest BCUT2D eigenvalue weighted by Crippen LogP contribution is -2.31. The summed E-state index contributed by atoms with van der Waals surface area (Å²) < 4.78 is 1.66. The van der Waals surface area contributed by atoms with Crippen LogP contribution in [0.15, 0.2) is 36.4 Å². The summed E-state index contributed by atoms with van der Waals surface area (Å²) in [6, 6.07) is 10.6. The van der Waals surface area contributed by atoms with Crippen LogP contribution in [0, 0.1) is 6.92 Å². The third-order valence-corrected chi connectivity index (χ3v) is 3.55. The van der Waals surface area contributed by atoms with Crippen LogP contribution >= 0.6 is 0 Å². The Hall–Kier alpha value is -2.93. The molecule has 1 amide bonds. The van der Waals surface area contributed by atoms with Gasteiger partial charge in [-0.3, -0.25) is 14.4 Å². The number of aromatic nitrogens is 1. The molecular formula is C17H20N2O5. The second-order valence-electron chi connectivity index (χ2n) is 5.31. The van der Waals surface area contributed by atoms with Gasteiger partial charge in [0.05, 0.1) is 12.1 Å². The Bertz CT molecular complexity index is 747. The molecule has 2 aromatic rings. The van der Waals surface area contributed by atoms with E-state index < -0.39 is 18.4 Å². The van der Waals surface area contributed by atoms with Gasteiger partial charge in [-0.1, -0.05) is 29.8 Å². The Morgan fingerprint density at radius 1 is 1.08 bits per heavy atom. The number of carbonyl (C=O) groups excluding carboxylic acids is 2. The molecule has 7 nitrogen and oxygen atoms in total. The first kappa shape index (κ1) is 19.1. The molecule has 0 atom stereocenters. The first-order valence-corrected chi connectivity index (χ1v) is 7.13. The van der Waals surface area contributed by atoms with Crippen molar-refractivity contribution >= 4 is 17.7 Å². The second kappa shape index (κ2) is 8.07. The van der Waals surface area contributed by atoms with E-state index in [2.05, 4.69) is 5.32 Å². The zero-order valence-corrected chi connectivity index (χ0v) is 13.5. The Labute approximate surface area is 139 Å². The van der Waals surface area contributed by atoms with Gasteiger partial charge in [0, 0.05) is 18.3 Å². The smallest absolute Gasteiger partial charge is 0.322 e. The maximum absolute atomic E-state index is 12.5. The van der Waals surface area contributed by atoms with Gasteiger partial charge in [0.1, 0.15) is 6.54 Å². The number of carboxylic acids is 1. The monoisotopic (exact) mass is 332 g/mol. The molecule has 0 saturated carbocycles. The minimum Gasteiger partial charge on any atom is -0.480 e. The fourth-order valence-electron chi connectivity index (χ4n) is 2.21. The lowest BCUT2D eigenvalue weighted by molar-refractivity contribution is -0.137. The number of carbonyl (C=O) groups is 3. The quantitative estimate of drug-likeness (QED) is 0.748. The number of benzene rings is 1. The van der Waals surface area contributed by atoms with Crippen LogP contribution in [0.4, 0.5) is 0 Å². The average Bonchev–Trinajstić information content (AvgIpc) is 2.86. The number of nitrogens with zero attached hydrogens (tertiary/aromatic N) is 1. The molecule has 1 aromatic carbocycles. The van der Waals surface area contributed by atoms with Gasteiger partial charge in [0.15, 0.2) is 0 Å². The van der Waals surface area contributed by atoms with E-state index in [1.54, 1.807) is 35.9 Å². The summed E-state index contributed by atoms with van der Waals surface area (Å²) in [5, 5.41) is 10.8. The Kier molecular flexibility index (Phi) is 6.43. The maximum Gasteiger partial charge on any atom is 0.322 e. The highest BCUT2D eigenvalue weighted by molar-refractivity contribution is 6.08. The largest absolute Gasteiger partial charge is 0.480 e. The van der Waals surface area contributed by atoms with Crippen molar-refractivity contribution < 1.29 is 25.0 Å². The first-order chi connectivity index (χ1) is 10.9. The molecule has 0 aliphatic heterocycles. The van der Waals surface area contributed by atoms with Crippen LogP contribution in [-0.2, 0) is 23.1 Å². The van der Waals surface area contributed by atoms with Crippen LogP contribution < -0.4 is 5.32 Å². The van der Waals surface area contributed by atoms with Crippen molar-refractivity contribution in [2.45, 2.75) is 13.3 Å². The van der Waals surface area contributed by atoms with Gasteiger partial charge in [-0.25, -0.2) is 0 Å². The van der Waals surface area contributed by atoms with E-state index in [4.69, 9.17) is 5.11 Å². The van der Waals surface area contributed by atoms with Gasteiger partial charge in [-0.05, 0) is 19.1 Å². The Balaban J connectivity index is 0.00000288. The van der Waals surface area contributed by atoms with Crippen molar-refractivity contribution in [1.82, 2.24) is 9.88 Å². The van der Waals surface area contributed by atoms with Crippen molar-refractivity contribution in [1.29, 1.82) is 0 Å². The highest BCUT2D eigenvalue weighted by Gasteiger charge is 2.16. The fraction of sp³-hybridized carbons (Fsp3) is 0.235. The number of nitrogens with one attached hydrogen (secondary N) is 1. The topological polar surface area (TPSA) is 120 Å². The molecule has 7 heteroatoms. The number of carboxylic acid groups (broad SMARTS) is 1. The average molecular weight is 332 g/mol. The summed E-state index contributed by atoms with van der Waals surface area (Å²) in [5.74, 6) is -1.62. The number of rotatable bonds is 6. The van der Waals surface area contributed by atoms with Crippen LogP contribution in [-0.4, -0.2) is 39.4 Å². The fourth-order valence-corrected chi connectivity index (χ4v) is 2.21. The zero-order chi connectivity index (χ0) is 17.0. The molecule has 128 valence electrons. The van der Waals surface area contributed by atoms with Gasteiger partial charge < -0.3 is 20.5 Å². The van der Waals surface area contributed by atoms with Gasteiger partial charge in [0.25, 0.3) is 0 Å². The molecule has 0 unspecified atom stereocenters. The molecule has 0 aliphatic rings. The normalized spacial score (nSPS) is 9.92. The summed E-state index contributed by atoms with van der Waals surface area (Å²) in [6.07, 6.45) is 0.0188. The number of hydrogen-bond acceptors (Lipinski definition) is 3. The minimum atomic E-state index is -1.10. The third kappa shape index (κ3) is 4.53. The molecule has 24 heavy (non-hydrogen) atoms. The molecule has 0 aliphatic carbocycles. The minimum absolute atomic E-state index is 0. The lowest BCUT2D eigenvalue weighted by atomic mass is 10.1. The molecule has 0 bridgehead atoms. The van der Waals surface area contributed by atoms with Gasteiger partial charge in [-0.15, -0.1) is 0 Å². The summed E-state index contributed by atoms with van der Waals surface area (Å²) in [7, 11) is 1.71. The SMILES string of the molecule is Cc1ccc(C(=O)c2ccc(CC(=O)NCC(=O)O)n2C)cc1.O. The van der Waals surface area contributed by atoms with Crippen molar-refractivity contribution in [3.05, 3.63) is 58.9 Å². The van der Waals surface area contributed by atoms with Crippen molar-refractivity contribution in [3.8, 4) is 0 Å². The highest BCUT2D eigenvalue weighted by atomic mass is 16.4. The first-order valence-electron chi connectivity index (χ1n) is 7.13. The maximum atomic E-state index is 12.5. The summed E-state index contributed by atoms with van der Waals surface area (Å²) in [6.45, 7) is 1.53. The summed E-state index contributed by atoms with van der Waals surface area (Å²) >= 11 is 0. The van der Waals surface area contributed by atoms with Gasteiger partial charge in [-0.2, -0.15) is 0 Å². The van der Waals surface area contributed by atoms with Crippen LogP contribution in [0.3, 0.4) is 0 Å². The van der Waals surface area contributed by atoms with Crippen molar-refractivity contribution in [3.63, 3.8) is 0 Å². The standard InChI is InChI=1S/C17H18N2O4.H2O/c1-11-3-5-12(6-4-11)17(23)14-8-7-13(19(14)2)9-15(20)18-10-16(21)22;/h3-8H,9-10H2,1-2H3,(H,18,20)(H,21,22);1H2. The highest BCUT2D eigenvalue weighted by Crippen LogP contribution is 2.14. The van der Waals surface area contributed by atoms with E-state index >= 15 is 0 Å². The molecule has 1 heterocycles. The predicted octanol–water partition coefficient (Wildman–Crippen LogP) is 0.483. The number of amides is 1. The summed E-state index contributed by atoms with van der Waals surface area (Å²) in [5.41, 5.74) is 2.78. The van der Waals surface area contributed by atoms with E-state index in [1.165, 1.54) is 0 Å². The van der Waals surface area contributed by atoms with E-state index in [0.717, 1.165) is 5.56 Å². The van der Waals surface area contributed by atoms with Crippen LogP contribution in [0.1, 0.15) is 27.3 Å². The Morgan fingerprint density at radius 3 is 2.29 bits per heavy atom. The van der Waals surface area contributed by atoms with Crippen molar-refractivity contribution in [2.24, 2.45) is 7.05 Å². The molecule has 4 N–H and O–H groups in total. The van der Waals surface area contributed by atoms with Crippen LogP contribution in [0.25, 0.3) is 0 Å². The van der Waals surface area contributed by atoms with Crippen LogP contribution in [0.2, 0.25) is 0 Å². The Morgan fingerprint density at radius 2 is 1.71 bits per heavy atom. The van der Waals surface area contributed by atoms with E-state index in [1.807, 2.05) is 19.1 Å². The molecule has 0 fully saturated rings. The lowest BCUT2D eigenvalue weighted by Gasteiger charge is -2.08. The molecular weight excluding hydrogens is 312 g/mol. The summed E-state index contributed by atoms with van der Waals surface area (Å²) in [4.78, 5) is 34.6. The molecule has 1 aromatic heterocycles. The predicted molar refractivity (Wildman–Crippen MR) is 88.0 cm³/mol. The van der Waals surface area contributed by atoms with E-state index in [-0.39, 0.29) is 17.7 Å². The van der Waals surface area contributed by atoms with Gasteiger partial charge in [0.2, 0.25) is 11.7 Å². The zero-order valence-electron chi connectivity index (χ0n) is 13.5. The van der Waals surface area contributed by atoms with Gasteiger partial charge >= 0.3 is 5.97 Å². The number of aryl methyl sites for hydroxylation is 1.